The third-order valence-electron chi connectivity index (χ3n) is 5.55. The van der Waals surface area contributed by atoms with Gasteiger partial charge in [0.05, 0.1) is 22.9 Å². The van der Waals surface area contributed by atoms with Crippen molar-refractivity contribution >= 4 is 29.1 Å². The van der Waals surface area contributed by atoms with Gasteiger partial charge in [0.1, 0.15) is 0 Å². The maximum atomic E-state index is 13.1. The molecule has 0 bridgehead atoms. The van der Waals surface area contributed by atoms with E-state index in [4.69, 9.17) is 28.3 Å². The van der Waals surface area contributed by atoms with Gasteiger partial charge >= 0.3 is 0 Å². The van der Waals surface area contributed by atoms with E-state index in [1.54, 1.807) is 4.68 Å². The summed E-state index contributed by atoms with van der Waals surface area (Å²) in [6.45, 7) is 14.6. The van der Waals surface area contributed by atoms with Crippen LogP contribution in [0.2, 0.25) is 10.0 Å². The van der Waals surface area contributed by atoms with E-state index in [2.05, 4.69) is 35.9 Å². The van der Waals surface area contributed by atoms with Crippen molar-refractivity contribution in [2.24, 2.45) is 0 Å². The quantitative estimate of drug-likeness (QED) is 0.391. The van der Waals surface area contributed by atoms with Crippen molar-refractivity contribution < 1.29 is 4.79 Å². The van der Waals surface area contributed by atoms with Crippen LogP contribution in [0.3, 0.4) is 0 Å². The Morgan fingerprint density at radius 2 is 1.74 bits per heavy atom. The van der Waals surface area contributed by atoms with E-state index >= 15 is 0 Å². The van der Waals surface area contributed by atoms with Crippen LogP contribution in [0.25, 0.3) is 16.9 Å². The number of rotatable bonds is 6. The van der Waals surface area contributed by atoms with Gasteiger partial charge in [-0.05, 0) is 71.1 Å². The van der Waals surface area contributed by atoms with Crippen LogP contribution in [-0.2, 0) is 0 Å². The number of benzene rings is 2. The molecule has 1 heterocycles. The topological polar surface area (TPSA) is 50.2 Å². The second-order valence-electron chi connectivity index (χ2n) is 9.37. The maximum absolute atomic E-state index is 13.1. The maximum Gasteiger partial charge on any atom is 0.272 e. The van der Waals surface area contributed by atoms with E-state index in [0.717, 1.165) is 35.5 Å². The zero-order valence-corrected chi connectivity index (χ0v) is 22.7. The first-order valence-corrected chi connectivity index (χ1v) is 12.5. The molecule has 7 heteroatoms. The minimum absolute atomic E-state index is 0.237. The summed E-state index contributed by atoms with van der Waals surface area (Å²) in [6, 6.07) is 13.1. The van der Waals surface area contributed by atoms with Gasteiger partial charge in [-0.2, -0.15) is 5.10 Å². The molecule has 0 fully saturated rings. The van der Waals surface area contributed by atoms with E-state index in [0.29, 0.717) is 28.0 Å². The molecule has 1 aromatic heterocycles. The lowest BCUT2D eigenvalue weighted by Crippen LogP contribution is -2.41. The Labute approximate surface area is 218 Å². The van der Waals surface area contributed by atoms with Gasteiger partial charge < -0.3 is 5.32 Å². The fourth-order valence-electron chi connectivity index (χ4n) is 3.69. The molecule has 3 aromatic rings. The Hall–Kier alpha value is -2.78. The average Bonchev–Trinajstić information content (AvgIpc) is 3.13. The normalized spacial score (nSPS) is 11.3. The SMILES string of the molecule is CCN(CC)CC#Cc1ccc(-n2nc(C(=O)NC(C)(C)C)c(C)c2-c2ccc(Cl)cc2)c(Cl)c1. The lowest BCUT2D eigenvalue weighted by Gasteiger charge is -2.19. The van der Waals surface area contributed by atoms with Gasteiger partial charge in [-0.3, -0.25) is 9.69 Å². The number of nitrogens with zero attached hydrogens (tertiary/aromatic N) is 3. The van der Waals surface area contributed by atoms with Gasteiger partial charge in [0, 0.05) is 27.3 Å². The molecule has 0 saturated carbocycles. The summed E-state index contributed by atoms with van der Waals surface area (Å²) < 4.78 is 1.73. The molecule has 1 amide bonds. The highest BCUT2D eigenvalue weighted by Gasteiger charge is 2.25. The van der Waals surface area contributed by atoms with E-state index in [9.17, 15) is 4.79 Å². The predicted molar refractivity (Wildman–Crippen MR) is 146 cm³/mol. The lowest BCUT2D eigenvalue weighted by atomic mass is 10.0. The van der Waals surface area contributed by atoms with E-state index < -0.39 is 5.54 Å². The number of halogens is 2. The van der Waals surface area contributed by atoms with Crippen LogP contribution in [0.5, 0.6) is 0 Å². The van der Waals surface area contributed by atoms with Crippen molar-refractivity contribution in [3.05, 3.63) is 69.3 Å². The molecular formula is C28H32Cl2N4O. The fourth-order valence-corrected chi connectivity index (χ4v) is 4.08. The van der Waals surface area contributed by atoms with Crippen LogP contribution < -0.4 is 5.32 Å². The van der Waals surface area contributed by atoms with E-state index in [1.165, 1.54) is 0 Å². The number of hydrogen-bond acceptors (Lipinski definition) is 3. The number of carbonyl (C=O) groups is 1. The average molecular weight is 511 g/mol. The van der Waals surface area contributed by atoms with Crippen molar-refractivity contribution in [1.29, 1.82) is 0 Å². The summed E-state index contributed by atoms with van der Waals surface area (Å²) in [5.41, 5.74) is 3.88. The first kappa shape index (κ1) is 26.8. The summed E-state index contributed by atoms with van der Waals surface area (Å²) >= 11 is 12.9. The third kappa shape index (κ3) is 6.67. The fraction of sp³-hybridized carbons (Fsp3) is 0.357. The van der Waals surface area contributed by atoms with Crippen LogP contribution in [0, 0.1) is 18.8 Å². The van der Waals surface area contributed by atoms with Crippen molar-refractivity contribution in [3.63, 3.8) is 0 Å². The molecule has 0 atom stereocenters. The number of amides is 1. The highest BCUT2D eigenvalue weighted by atomic mass is 35.5. The Kier molecular flexibility index (Phi) is 8.66. The lowest BCUT2D eigenvalue weighted by molar-refractivity contribution is 0.0913. The number of carbonyl (C=O) groups excluding carboxylic acids is 1. The summed E-state index contributed by atoms with van der Waals surface area (Å²) in [5, 5.41) is 8.84. The molecule has 0 aliphatic rings. The number of aromatic nitrogens is 2. The highest BCUT2D eigenvalue weighted by Crippen LogP contribution is 2.32. The van der Waals surface area contributed by atoms with Gasteiger partial charge in [-0.25, -0.2) is 4.68 Å². The van der Waals surface area contributed by atoms with Gasteiger partial charge in [-0.1, -0.05) is 61.0 Å². The first-order chi connectivity index (χ1) is 16.5. The number of nitrogens with one attached hydrogen (secondary N) is 1. The highest BCUT2D eigenvalue weighted by molar-refractivity contribution is 6.32. The Balaban J connectivity index is 2.08. The molecule has 0 aliphatic carbocycles. The van der Waals surface area contributed by atoms with Gasteiger partial charge in [-0.15, -0.1) is 0 Å². The monoisotopic (exact) mass is 510 g/mol. The van der Waals surface area contributed by atoms with Crippen molar-refractivity contribution in [3.8, 4) is 28.8 Å². The standard InChI is InChI=1S/C28H32Cl2N4O/c1-7-33(8-2)17-9-10-20-11-16-24(23(30)18-20)34-26(21-12-14-22(29)15-13-21)19(3)25(32-34)27(35)31-28(4,5)6/h11-16,18H,7-8,17H2,1-6H3,(H,31,35). The zero-order valence-electron chi connectivity index (χ0n) is 21.2. The molecule has 3 rings (SSSR count). The molecule has 0 unspecified atom stereocenters. The van der Waals surface area contributed by atoms with Crippen LogP contribution in [-0.4, -0.2) is 45.8 Å². The summed E-state index contributed by atoms with van der Waals surface area (Å²) in [4.78, 5) is 15.3. The van der Waals surface area contributed by atoms with Crippen LogP contribution >= 0.6 is 23.2 Å². The second kappa shape index (κ2) is 11.3. The molecule has 1 N–H and O–H groups in total. The molecule has 2 aromatic carbocycles. The van der Waals surface area contributed by atoms with Gasteiger partial charge in [0.2, 0.25) is 0 Å². The molecular weight excluding hydrogens is 479 g/mol. The van der Waals surface area contributed by atoms with E-state index in [1.807, 2.05) is 70.2 Å². The van der Waals surface area contributed by atoms with Crippen molar-refractivity contribution in [2.75, 3.05) is 19.6 Å². The number of hydrogen-bond donors (Lipinski definition) is 1. The molecule has 0 saturated heterocycles. The smallest absolute Gasteiger partial charge is 0.272 e. The molecule has 0 radical (unpaired) electrons. The molecule has 35 heavy (non-hydrogen) atoms. The third-order valence-corrected chi connectivity index (χ3v) is 6.10. The van der Waals surface area contributed by atoms with Crippen molar-refractivity contribution in [2.45, 2.75) is 47.1 Å². The predicted octanol–water partition coefficient (Wildman–Crippen LogP) is 6.38. The Morgan fingerprint density at radius 3 is 2.31 bits per heavy atom. The second-order valence-corrected chi connectivity index (χ2v) is 10.2. The molecule has 0 aliphatic heterocycles. The Bertz CT molecular complexity index is 1260. The molecule has 0 spiro atoms. The summed E-state index contributed by atoms with van der Waals surface area (Å²) in [5.74, 6) is 6.17. The summed E-state index contributed by atoms with van der Waals surface area (Å²) in [6.07, 6.45) is 0. The largest absolute Gasteiger partial charge is 0.346 e. The zero-order chi connectivity index (χ0) is 25.8. The van der Waals surface area contributed by atoms with Gasteiger partial charge in [0.15, 0.2) is 5.69 Å². The minimum atomic E-state index is -0.392. The molecule has 184 valence electrons. The van der Waals surface area contributed by atoms with Crippen molar-refractivity contribution in [1.82, 2.24) is 20.0 Å². The Morgan fingerprint density at radius 1 is 1.09 bits per heavy atom. The summed E-state index contributed by atoms with van der Waals surface area (Å²) in [7, 11) is 0. The van der Waals surface area contributed by atoms with Gasteiger partial charge in [0.25, 0.3) is 5.91 Å². The van der Waals surface area contributed by atoms with Crippen LogP contribution in [0.15, 0.2) is 42.5 Å². The molecule has 5 nitrogen and oxygen atoms in total. The van der Waals surface area contributed by atoms with Crippen LogP contribution in [0.4, 0.5) is 0 Å². The first-order valence-electron chi connectivity index (χ1n) is 11.7. The van der Waals surface area contributed by atoms with E-state index in [-0.39, 0.29) is 5.91 Å². The van der Waals surface area contributed by atoms with Crippen LogP contribution in [0.1, 0.15) is 56.2 Å². The minimum Gasteiger partial charge on any atom is -0.346 e.